The molecule has 1 unspecified atom stereocenters. The third-order valence-corrected chi connectivity index (χ3v) is 9.96. The summed E-state index contributed by atoms with van der Waals surface area (Å²) in [4.78, 5) is 5.20. The summed E-state index contributed by atoms with van der Waals surface area (Å²) in [6.07, 6.45) is 9.13. The van der Waals surface area contributed by atoms with E-state index in [4.69, 9.17) is 4.74 Å². The summed E-state index contributed by atoms with van der Waals surface area (Å²) in [5.41, 5.74) is 5.58. The van der Waals surface area contributed by atoms with Gasteiger partial charge in [-0.2, -0.15) is 0 Å². The first-order valence-corrected chi connectivity index (χ1v) is 17.0. The Morgan fingerprint density at radius 2 is 1.16 bits per heavy atom. The summed E-state index contributed by atoms with van der Waals surface area (Å²) < 4.78 is 6.27. The van der Waals surface area contributed by atoms with Crippen LogP contribution in [0.15, 0.2) is 103 Å². The molecule has 0 aromatic heterocycles. The molecule has 0 N–H and O–H groups in total. The second-order valence-corrected chi connectivity index (χ2v) is 12.8. The molecule has 2 aliphatic heterocycles. The number of nitrogens with zero attached hydrogens (tertiary/aromatic N) is 2. The molecule has 5 aromatic carbocycles. The lowest BCUT2D eigenvalue weighted by Gasteiger charge is -2.28. The van der Waals surface area contributed by atoms with Crippen LogP contribution in [0.25, 0.3) is 21.5 Å². The average Bonchev–Trinajstić information content (AvgIpc) is 3.09. The maximum absolute atomic E-state index is 6.27. The van der Waals surface area contributed by atoms with Crippen LogP contribution in [-0.4, -0.2) is 55.7 Å². The summed E-state index contributed by atoms with van der Waals surface area (Å²) in [5, 5.41) is 5.29. The van der Waals surface area contributed by atoms with Crippen LogP contribution in [0, 0.1) is 0 Å². The van der Waals surface area contributed by atoms with Crippen LogP contribution in [0.1, 0.15) is 66.7 Å². The maximum Gasteiger partial charge on any atom is 0.119 e. The Morgan fingerprint density at radius 3 is 1.91 bits per heavy atom. The predicted molar refractivity (Wildman–Crippen MR) is 185 cm³/mol. The maximum atomic E-state index is 6.27. The Labute approximate surface area is 263 Å². The molecule has 2 fully saturated rings. The zero-order valence-electron chi connectivity index (χ0n) is 26.1. The number of rotatable bonds is 10. The van der Waals surface area contributed by atoms with Crippen molar-refractivity contribution in [3.63, 3.8) is 0 Å². The van der Waals surface area contributed by atoms with Crippen molar-refractivity contribution < 1.29 is 4.74 Å². The van der Waals surface area contributed by atoms with Gasteiger partial charge in [0.1, 0.15) is 12.4 Å². The number of likely N-dealkylation sites (tertiary alicyclic amines) is 2. The van der Waals surface area contributed by atoms with E-state index in [0.29, 0.717) is 0 Å². The Hall–Kier alpha value is -3.66. The molecule has 2 heterocycles. The summed E-state index contributed by atoms with van der Waals surface area (Å²) in [6.45, 7) is 7.78. The molecule has 5 aromatic rings. The van der Waals surface area contributed by atoms with Crippen LogP contribution in [-0.2, 0) is 6.42 Å². The molecule has 0 amide bonds. The molecule has 1 atom stereocenters. The highest BCUT2D eigenvalue weighted by atomic mass is 16.5. The molecule has 7 rings (SSSR count). The Kier molecular flexibility index (Phi) is 9.23. The normalized spacial score (nSPS) is 17.2. The SMILES string of the molecule is c1ccc(C(c2ccc(OCCN3CCCCC3)cc2)c2cc3ccccc3c3ccccc23)c(CCN2CCCCC2)c1. The van der Waals surface area contributed by atoms with Crippen molar-refractivity contribution in [3.05, 3.63) is 125 Å². The van der Waals surface area contributed by atoms with E-state index in [2.05, 4.69) is 113 Å². The number of piperidine rings is 2. The highest BCUT2D eigenvalue weighted by Gasteiger charge is 2.23. The second-order valence-electron chi connectivity index (χ2n) is 12.8. The highest BCUT2D eigenvalue weighted by Crippen LogP contribution is 2.41. The van der Waals surface area contributed by atoms with Crippen molar-refractivity contribution >= 4 is 21.5 Å². The van der Waals surface area contributed by atoms with E-state index in [9.17, 15) is 0 Å². The van der Waals surface area contributed by atoms with E-state index in [-0.39, 0.29) is 5.92 Å². The summed E-state index contributed by atoms with van der Waals surface area (Å²) in [7, 11) is 0. The molecule has 0 bridgehead atoms. The van der Waals surface area contributed by atoms with E-state index < -0.39 is 0 Å². The molecule has 2 saturated heterocycles. The van der Waals surface area contributed by atoms with Crippen molar-refractivity contribution in [3.8, 4) is 5.75 Å². The Morgan fingerprint density at radius 1 is 0.545 bits per heavy atom. The van der Waals surface area contributed by atoms with Crippen LogP contribution in [0.3, 0.4) is 0 Å². The van der Waals surface area contributed by atoms with Gasteiger partial charge in [0.2, 0.25) is 0 Å². The van der Waals surface area contributed by atoms with E-state index in [0.717, 1.165) is 31.9 Å². The quantitative estimate of drug-likeness (QED) is 0.121. The zero-order valence-corrected chi connectivity index (χ0v) is 26.1. The lowest BCUT2D eigenvalue weighted by molar-refractivity contribution is 0.183. The average molecular weight is 583 g/mol. The highest BCUT2D eigenvalue weighted by molar-refractivity contribution is 6.09. The monoisotopic (exact) mass is 582 g/mol. The second kappa shape index (κ2) is 14.0. The van der Waals surface area contributed by atoms with Gasteiger partial charge in [0.25, 0.3) is 0 Å². The van der Waals surface area contributed by atoms with Gasteiger partial charge in [-0.15, -0.1) is 0 Å². The number of hydrogen-bond acceptors (Lipinski definition) is 3. The first-order valence-electron chi connectivity index (χ1n) is 17.0. The lowest BCUT2D eigenvalue weighted by atomic mass is 9.79. The molecular weight excluding hydrogens is 536 g/mol. The molecule has 0 spiro atoms. The Balaban J connectivity index is 1.25. The Bertz CT molecular complexity index is 1660. The third kappa shape index (κ3) is 6.55. The van der Waals surface area contributed by atoms with E-state index in [1.165, 1.54) is 109 Å². The molecule has 3 nitrogen and oxygen atoms in total. The molecule has 0 saturated carbocycles. The molecule has 226 valence electrons. The fourth-order valence-corrected chi connectivity index (χ4v) is 7.59. The minimum Gasteiger partial charge on any atom is -0.492 e. The van der Waals surface area contributed by atoms with Gasteiger partial charge in [0.05, 0.1) is 0 Å². The summed E-state index contributed by atoms with van der Waals surface area (Å²) in [5.74, 6) is 1.09. The summed E-state index contributed by atoms with van der Waals surface area (Å²) >= 11 is 0. The first-order chi connectivity index (χ1) is 21.8. The van der Waals surface area contributed by atoms with Gasteiger partial charge in [-0.3, -0.25) is 4.90 Å². The number of benzene rings is 5. The van der Waals surface area contributed by atoms with Crippen LogP contribution >= 0.6 is 0 Å². The fraction of sp³-hybridized carbons (Fsp3) is 0.366. The van der Waals surface area contributed by atoms with Crippen molar-refractivity contribution in [2.45, 2.75) is 50.9 Å². The third-order valence-electron chi connectivity index (χ3n) is 9.96. The molecule has 3 heteroatoms. The fourth-order valence-electron chi connectivity index (χ4n) is 7.59. The van der Waals surface area contributed by atoms with Crippen LogP contribution in [0.2, 0.25) is 0 Å². The topological polar surface area (TPSA) is 15.7 Å². The van der Waals surface area contributed by atoms with Crippen molar-refractivity contribution in [1.29, 1.82) is 0 Å². The standard InChI is InChI=1S/C41H46N2O/c1-9-24-42(25-10-1)28-23-32-13-3-6-16-37(32)41(33-19-21-35(22-20-33)44-30-29-43-26-11-2-12-27-43)40-31-34-14-4-5-15-36(34)38-17-7-8-18-39(38)40/h3-8,13-22,31,41H,1-2,9-12,23-30H2. The predicted octanol–water partition coefficient (Wildman–Crippen LogP) is 9.07. The molecule has 2 aliphatic rings. The van der Waals surface area contributed by atoms with Crippen molar-refractivity contribution in [2.24, 2.45) is 0 Å². The van der Waals surface area contributed by atoms with Gasteiger partial charge in [-0.05, 0) is 120 Å². The van der Waals surface area contributed by atoms with Gasteiger partial charge < -0.3 is 9.64 Å². The smallest absolute Gasteiger partial charge is 0.119 e. The van der Waals surface area contributed by atoms with E-state index in [1.807, 2.05) is 0 Å². The number of hydrogen-bond donors (Lipinski definition) is 0. The van der Waals surface area contributed by atoms with Gasteiger partial charge in [0, 0.05) is 19.0 Å². The van der Waals surface area contributed by atoms with Crippen LogP contribution < -0.4 is 4.74 Å². The van der Waals surface area contributed by atoms with E-state index in [1.54, 1.807) is 0 Å². The van der Waals surface area contributed by atoms with E-state index >= 15 is 0 Å². The largest absolute Gasteiger partial charge is 0.492 e. The van der Waals surface area contributed by atoms with Crippen molar-refractivity contribution in [1.82, 2.24) is 9.80 Å². The summed E-state index contributed by atoms with van der Waals surface area (Å²) in [6, 6.07) is 38.5. The number of fused-ring (bicyclic) bond motifs is 3. The first kappa shape index (κ1) is 29.1. The minimum atomic E-state index is 0.129. The van der Waals surface area contributed by atoms with Crippen molar-refractivity contribution in [2.75, 3.05) is 45.9 Å². The number of ether oxygens (including phenoxy) is 1. The van der Waals surface area contributed by atoms with Gasteiger partial charge in [-0.1, -0.05) is 97.8 Å². The zero-order chi connectivity index (χ0) is 29.6. The van der Waals surface area contributed by atoms with Gasteiger partial charge in [0.15, 0.2) is 0 Å². The molecule has 0 radical (unpaired) electrons. The van der Waals surface area contributed by atoms with Crippen LogP contribution in [0.4, 0.5) is 0 Å². The molecule has 0 aliphatic carbocycles. The van der Waals surface area contributed by atoms with Gasteiger partial charge in [-0.25, -0.2) is 0 Å². The lowest BCUT2D eigenvalue weighted by Crippen LogP contribution is -2.33. The molecular formula is C41H46N2O. The molecule has 44 heavy (non-hydrogen) atoms. The van der Waals surface area contributed by atoms with Gasteiger partial charge >= 0.3 is 0 Å². The van der Waals surface area contributed by atoms with Crippen LogP contribution in [0.5, 0.6) is 5.75 Å². The minimum absolute atomic E-state index is 0.129.